The number of nitrogens with two attached hydrogens (primary N) is 1. The fourth-order valence-corrected chi connectivity index (χ4v) is 2.01. The molecule has 0 aliphatic heterocycles. The van der Waals surface area contributed by atoms with E-state index in [0.29, 0.717) is 38.9 Å². The lowest BCUT2D eigenvalue weighted by molar-refractivity contribution is 0.405. The molecule has 3 N–H and O–H groups in total. The molecule has 20 heavy (non-hydrogen) atoms. The van der Waals surface area contributed by atoms with E-state index >= 15 is 0 Å². The van der Waals surface area contributed by atoms with E-state index in [1.165, 1.54) is 14.2 Å². The monoisotopic (exact) mass is 313 g/mol. The predicted octanol–water partition coefficient (Wildman–Crippen LogP) is 3.73. The van der Waals surface area contributed by atoms with Gasteiger partial charge in [0.1, 0.15) is 16.7 Å². The topological polar surface area (TPSA) is 69.4 Å². The smallest absolute Gasteiger partial charge is 0.155 e. The minimum atomic E-state index is 0.335. The molecule has 5 nitrogen and oxygen atoms in total. The Labute approximate surface area is 126 Å². The highest BCUT2D eigenvalue weighted by molar-refractivity contribution is 6.32. The van der Waals surface area contributed by atoms with Crippen LogP contribution >= 0.6 is 23.2 Å². The summed E-state index contributed by atoms with van der Waals surface area (Å²) < 4.78 is 10.4. The van der Waals surface area contributed by atoms with Crippen LogP contribution in [0.4, 0.5) is 17.2 Å². The lowest BCUT2D eigenvalue weighted by atomic mass is 10.2. The van der Waals surface area contributed by atoms with Crippen molar-refractivity contribution in [1.82, 2.24) is 4.98 Å². The third kappa shape index (κ3) is 3.00. The molecule has 106 valence electrons. The molecular formula is C13H13Cl2N3O2. The normalized spacial score (nSPS) is 10.2. The molecule has 0 spiro atoms. The maximum atomic E-state index is 6.05. The van der Waals surface area contributed by atoms with E-state index in [1.54, 1.807) is 24.3 Å². The van der Waals surface area contributed by atoms with Gasteiger partial charge in [-0.1, -0.05) is 23.2 Å². The third-order valence-electron chi connectivity index (χ3n) is 2.62. The number of halogens is 2. The molecule has 0 aliphatic carbocycles. The Bertz CT molecular complexity index is 635. The van der Waals surface area contributed by atoms with Crippen molar-refractivity contribution in [1.29, 1.82) is 0 Å². The van der Waals surface area contributed by atoms with E-state index in [1.807, 2.05) is 0 Å². The van der Waals surface area contributed by atoms with Gasteiger partial charge in [0.05, 0.1) is 30.6 Å². The van der Waals surface area contributed by atoms with Crippen LogP contribution < -0.4 is 20.5 Å². The van der Waals surface area contributed by atoms with Gasteiger partial charge in [0.15, 0.2) is 5.82 Å². The first-order chi connectivity index (χ1) is 9.55. The highest BCUT2D eigenvalue weighted by Gasteiger charge is 2.12. The molecule has 0 amide bonds. The SMILES string of the molecule is COc1cc(Nc2nc(Cl)ccc2N)c(OC)cc1Cl. The van der Waals surface area contributed by atoms with Crippen LogP contribution in [0.5, 0.6) is 11.5 Å². The molecule has 2 aromatic rings. The second-order valence-electron chi connectivity index (χ2n) is 3.88. The van der Waals surface area contributed by atoms with Crippen molar-refractivity contribution in [2.75, 3.05) is 25.3 Å². The standard InChI is InChI=1S/C13H13Cl2N3O2/c1-19-10-6-9(11(20-2)5-7(10)14)17-13-8(16)3-4-12(15)18-13/h3-6H,16H2,1-2H3,(H,17,18). The Hall–Kier alpha value is -1.85. The average molecular weight is 314 g/mol. The van der Waals surface area contributed by atoms with Gasteiger partial charge in [-0.2, -0.15) is 0 Å². The minimum absolute atomic E-state index is 0.335. The van der Waals surface area contributed by atoms with Gasteiger partial charge in [0.2, 0.25) is 0 Å². The summed E-state index contributed by atoms with van der Waals surface area (Å²) in [6.45, 7) is 0. The summed E-state index contributed by atoms with van der Waals surface area (Å²) in [5.74, 6) is 1.48. The van der Waals surface area contributed by atoms with Gasteiger partial charge in [-0.05, 0) is 12.1 Å². The first-order valence-corrected chi connectivity index (χ1v) is 6.41. The molecule has 0 radical (unpaired) electrons. The fraction of sp³-hybridized carbons (Fsp3) is 0.154. The quantitative estimate of drug-likeness (QED) is 0.842. The van der Waals surface area contributed by atoms with Crippen LogP contribution in [0.1, 0.15) is 0 Å². The second kappa shape index (κ2) is 6.07. The van der Waals surface area contributed by atoms with Crippen LogP contribution in [0.25, 0.3) is 0 Å². The second-order valence-corrected chi connectivity index (χ2v) is 4.68. The van der Waals surface area contributed by atoms with Gasteiger partial charge >= 0.3 is 0 Å². The minimum Gasteiger partial charge on any atom is -0.495 e. The number of rotatable bonds is 4. The Balaban J connectivity index is 2.44. The number of aromatic nitrogens is 1. The number of nitrogens with one attached hydrogen (secondary N) is 1. The van der Waals surface area contributed by atoms with E-state index in [0.717, 1.165) is 0 Å². The van der Waals surface area contributed by atoms with Gasteiger partial charge in [0.25, 0.3) is 0 Å². The van der Waals surface area contributed by atoms with Gasteiger partial charge < -0.3 is 20.5 Å². The first-order valence-electron chi connectivity index (χ1n) is 5.65. The molecule has 2 rings (SSSR count). The van der Waals surface area contributed by atoms with Crippen molar-refractivity contribution in [3.63, 3.8) is 0 Å². The molecule has 1 aromatic carbocycles. The van der Waals surface area contributed by atoms with E-state index in [-0.39, 0.29) is 0 Å². The highest BCUT2D eigenvalue weighted by Crippen LogP contribution is 2.37. The molecule has 1 aromatic heterocycles. The van der Waals surface area contributed by atoms with Gasteiger partial charge in [-0.3, -0.25) is 0 Å². The van der Waals surface area contributed by atoms with Crippen LogP contribution in [-0.2, 0) is 0 Å². The average Bonchev–Trinajstić information content (AvgIpc) is 2.44. The summed E-state index contributed by atoms with van der Waals surface area (Å²) >= 11 is 11.9. The summed E-state index contributed by atoms with van der Waals surface area (Å²) in [5, 5.41) is 3.83. The molecule has 0 bridgehead atoms. The zero-order valence-electron chi connectivity index (χ0n) is 10.9. The molecule has 7 heteroatoms. The number of nitrogens with zero attached hydrogens (tertiary/aromatic N) is 1. The number of hydrogen-bond acceptors (Lipinski definition) is 5. The number of ether oxygens (including phenoxy) is 2. The molecule has 0 aliphatic rings. The summed E-state index contributed by atoms with van der Waals surface area (Å²) in [4.78, 5) is 4.12. The van der Waals surface area contributed by atoms with Crippen LogP contribution in [-0.4, -0.2) is 19.2 Å². The Morgan fingerprint density at radius 1 is 1.10 bits per heavy atom. The Morgan fingerprint density at radius 3 is 2.45 bits per heavy atom. The molecule has 0 fully saturated rings. The first kappa shape index (κ1) is 14.6. The number of anilines is 3. The van der Waals surface area contributed by atoms with Crippen molar-refractivity contribution in [2.45, 2.75) is 0 Å². The molecular weight excluding hydrogens is 301 g/mol. The van der Waals surface area contributed by atoms with Crippen molar-refractivity contribution in [3.05, 3.63) is 34.4 Å². The summed E-state index contributed by atoms with van der Waals surface area (Å²) in [7, 11) is 3.07. The van der Waals surface area contributed by atoms with Crippen LogP contribution in [0.3, 0.4) is 0 Å². The Kier molecular flexibility index (Phi) is 4.42. The number of hydrogen-bond donors (Lipinski definition) is 2. The number of methoxy groups -OCH3 is 2. The summed E-state index contributed by atoms with van der Waals surface area (Å²) in [6, 6.07) is 6.62. The van der Waals surface area contributed by atoms with Gasteiger partial charge in [-0.25, -0.2) is 4.98 Å². The fourth-order valence-electron chi connectivity index (χ4n) is 1.63. The van der Waals surface area contributed by atoms with Crippen molar-refractivity contribution < 1.29 is 9.47 Å². The van der Waals surface area contributed by atoms with Gasteiger partial charge in [-0.15, -0.1) is 0 Å². The van der Waals surface area contributed by atoms with Crippen LogP contribution in [0, 0.1) is 0 Å². The van der Waals surface area contributed by atoms with E-state index in [9.17, 15) is 0 Å². The van der Waals surface area contributed by atoms with Crippen LogP contribution in [0.15, 0.2) is 24.3 Å². The molecule has 0 atom stereocenters. The molecule has 0 unspecified atom stereocenters. The zero-order chi connectivity index (χ0) is 14.7. The van der Waals surface area contributed by atoms with Gasteiger partial charge in [0, 0.05) is 12.1 Å². The predicted molar refractivity (Wildman–Crippen MR) is 81.5 cm³/mol. The van der Waals surface area contributed by atoms with Crippen molar-refractivity contribution in [2.24, 2.45) is 0 Å². The Morgan fingerprint density at radius 2 is 1.80 bits per heavy atom. The highest BCUT2D eigenvalue weighted by atomic mass is 35.5. The summed E-state index contributed by atoms with van der Waals surface area (Å²) in [6.07, 6.45) is 0. The molecule has 0 saturated carbocycles. The number of pyridine rings is 1. The van der Waals surface area contributed by atoms with Crippen molar-refractivity contribution >= 4 is 40.4 Å². The lowest BCUT2D eigenvalue weighted by Gasteiger charge is -2.14. The largest absolute Gasteiger partial charge is 0.495 e. The maximum Gasteiger partial charge on any atom is 0.155 e. The van der Waals surface area contributed by atoms with Crippen LogP contribution in [0.2, 0.25) is 10.2 Å². The summed E-state index contributed by atoms with van der Waals surface area (Å²) in [5.41, 5.74) is 6.93. The zero-order valence-corrected chi connectivity index (χ0v) is 12.4. The van der Waals surface area contributed by atoms with E-state index < -0.39 is 0 Å². The van der Waals surface area contributed by atoms with E-state index in [2.05, 4.69) is 10.3 Å². The van der Waals surface area contributed by atoms with E-state index in [4.69, 9.17) is 38.4 Å². The maximum absolute atomic E-state index is 6.05. The molecule has 0 saturated heterocycles. The van der Waals surface area contributed by atoms with Crippen molar-refractivity contribution in [3.8, 4) is 11.5 Å². The number of benzene rings is 1. The third-order valence-corrected chi connectivity index (χ3v) is 3.13. The molecule has 1 heterocycles. The lowest BCUT2D eigenvalue weighted by Crippen LogP contribution is -2.01. The number of nitrogen functional groups attached to an aromatic ring is 1.